The van der Waals surface area contributed by atoms with Crippen LogP contribution in [0.2, 0.25) is 0 Å². The Kier molecular flexibility index (Phi) is 5.97. The predicted molar refractivity (Wildman–Crippen MR) is 101 cm³/mol. The lowest BCUT2D eigenvalue weighted by molar-refractivity contribution is -0.122. The van der Waals surface area contributed by atoms with Gasteiger partial charge in [-0.15, -0.1) is 0 Å². The normalized spacial score (nSPS) is 20.4. The minimum atomic E-state index is -0.711. The lowest BCUT2D eigenvalue weighted by Crippen LogP contribution is -2.52. The topological polar surface area (TPSA) is 67.6 Å². The molecule has 1 aliphatic heterocycles. The quantitative estimate of drug-likeness (QED) is 0.831. The number of likely N-dealkylation sites (tertiary alicyclic amines) is 1. The molecule has 25 heavy (non-hydrogen) atoms. The molecule has 1 aliphatic carbocycles. The standard InChI is InChI=1S/C20H31N3O2/c1-16-15-17(22-19(24)20(21)9-3-2-4-10-20)7-8-18(16)25-14-13-23-11-5-6-12-23/h7-8,15H,2-6,9-14,21H2,1H3,(H,22,24). The number of anilines is 1. The maximum Gasteiger partial charge on any atom is 0.244 e. The number of nitrogens with two attached hydrogens (primary N) is 1. The first-order valence-corrected chi connectivity index (χ1v) is 9.63. The van der Waals surface area contributed by atoms with E-state index in [1.807, 2.05) is 25.1 Å². The van der Waals surface area contributed by atoms with Crippen molar-refractivity contribution >= 4 is 11.6 Å². The van der Waals surface area contributed by atoms with Crippen molar-refractivity contribution in [2.75, 3.05) is 31.6 Å². The number of nitrogens with one attached hydrogen (secondary N) is 1. The Labute approximate surface area is 150 Å². The van der Waals surface area contributed by atoms with Gasteiger partial charge in [-0.1, -0.05) is 19.3 Å². The van der Waals surface area contributed by atoms with Gasteiger partial charge in [-0.2, -0.15) is 0 Å². The molecule has 0 spiro atoms. The van der Waals surface area contributed by atoms with Gasteiger partial charge in [0.25, 0.3) is 0 Å². The van der Waals surface area contributed by atoms with Crippen LogP contribution in [0.3, 0.4) is 0 Å². The van der Waals surface area contributed by atoms with Crippen LogP contribution in [-0.2, 0) is 4.79 Å². The molecule has 1 amide bonds. The van der Waals surface area contributed by atoms with Crippen molar-refractivity contribution in [3.63, 3.8) is 0 Å². The molecule has 0 radical (unpaired) electrons. The lowest BCUT2D eigenvalue weighted by Gasteiger charge is -2.31. The van der Waals surface area contributed by atoms with Crippen LogP contribution in [0.1, 0.15) is 50.5 Å². The van der Waals surface area contributed by atoms with Crippen molar-refractivity contribution in [3.8, 4) is 5.75 Å². The molecule has 0 bridgehead atoms. The van der Waals surface area contributed by atoms with Crippen LogP contribution >= 0.6 is 0 Å². The maximum absolute atomic E-state index is 12.5. The highest BCUT2D eigenvalue weighted by atomic mass is 16.5. The maximum atomic E-state index is 12.5. The van der Waals surface area contributed by atoms with E-state index in [-0.39, 0.29) is 5.91 Å². The summed E-state index contributed by atoms with van der Waals surface area (Å²) in [6, 6.07) is 5.82. The molecule has 5 nitrogen and oxygen atoms in total. The fraction of sp³-hybridized carbons (Fsp3) is 0.650. The third-order valence-electron chi connectivity index (χ3n) is 5.49. The van der Waals surface area contributed by atoms with Gasteiger partial charge in [0.05, 0.1) is 5.54 Å². The number of aryl methyl sites for hydroxylation is 1. The van der Waals surface area contributed by atoms with Gasteiger partial charge >= 0.3 is 0 Å². The zero-order valence-corrected chi connectivity index (χ0v) is 15.4. The zero-order valence-electron chi connectivity index (χ0n) is 15.4. The van der Waals surface area contributed by atoms with Crippen LogP contribution in [0.15, 0.2) is 18.2 Å². The van der Waals surface area contributed by atoms with Crippen LogP contribution in [0.4, 0.5) is 5.69 Å². The molecule has 3 N–H and O–H groups in total. The largest absolute Gasteiger partial charge is 0.492 e. The molecule has 2 fully saturated rings. The zero-order chi connectivity index (χ0) is 17.7. The smallest absolute Gasteiger partial charge is 0.244 e. The Hall–Kier alpha value is -1.59. The molecule has 1 heterocycles. The van der Waals surface area contributed by atoms with E-state index < -0.39 is 5.54 Å². The molecule has 5 heteroatoms. The van der Waals surface area contributed by atoms with Crippen LogP contribution in [0.25, 0.3) is 0 Å². The third kappa shape index (κ3) is 4.73. The molecule has 1 aromatic rings. The van der Waals surface area contributed by atoms with E-state index >= 15 is 0 Å². The highest BCUT2D eigenvalue weighted by Crippen LogP contribution is 2.28. The summed E-state index contributed by atoms with van der Waals surface area (Å²) in [6.45, 7) is 6.08. The van der Waals surface area contributed by atoms with Crippen molar-refractivity contribution in [2.24, 2.45) is 5.73 Å². The molecular weight excluding hydrogens is 314 g/mol. The monoisotopic (exact) mass is 345 g/mol. The minimum absolute atomic E-state index is 0.0608. The average Bonchev–Trinajstić information content (AvgIpc) is 3.11. The van der Waals surface area contributed by atoms with Gasteiger partial charge in [-0.25, -0.2) is 0 Å². The summed E-state index contributed by atoms with van der Waals surface area (Å²) in [7, 11) is 0. The number of nitrogens with zero attached hydrogens (tertiary/aromatic N) is 1. The highest BCUT2D eigenvalue weighted by molar-refractivity contribution is 5.98. The summed E-state index contributed by atoms with van der Waals surface area (Å²) < 4.78 is 5.92. The van der Waals surface area contributed by atoms with Crippen LogP contribution < -0.4 is 15.8 Å². The summed E-state index contributed by atoms with van der Waals surface area (Å²) in [6.07, 6.45) is 7.39. The second-order valence-electron chi connectivity index (χ2n) is 7.55. The number of ether oxygens (including phenoxy) is 1. The molecular formula is C20H31N3O2. The van der Waals surface area contributed by atoms with Crippen molar-refractivity contribution < 1.29 is 9.53 Å². The van der Waals surface area contributed by atoms with E-state index in [9.17, 15) is 4.79 Å². The fourth-order valence-corrected chi connectivity index (χ4v) is 3.85. The van der Waals surface area contributed by atoms with Gasteiger partial charge in [0.2, 0.25) is 5.91 Å². The Morgan fingerprint density at radius 3 is 2.60 bits per heavy atom. The van der Waals surface area contributed by atoms with Crippen molar-refractivity contribution in [2.45, 2.75) is 57.4 Å². The van der Waals surface area contributed by atoms with Crippen molar-refractivity contribution in [1.82, 2.24) is 4.90 Å². The molecule has 1 saturated carbocycles. The summed E-state index contributed by atoms with van der Waals surface area (Å²) in [5.74, 6) is 0.826. The molecule has 0 unspecified atom stereocenters. The minimum Gasteiger partial charge on any atom is -0.492 e. The molecule has 0 atom stereocenters. The second-order valence-corrected chi connectivity index (χ2v) is 7.55. The van der Waals surface area contributed by atoms with E-state index in [1.165, 1.54) is 32.4 Å². The first-order valence-electron chi connectivity index (χ1n) is 9.63. The number of carbonyl (C=O) groups excluding carboxylic acids is 1. The predicted octanol–water partition coefficient (Wildman–Crippen LogP) is 3.07. The van der Waals surface area contributed by atoms with Crippen LogP contribution in [0.5, 0.6) is 5.75 Å². The molecule has 0 aromatic heterocycles. The van der Waals surface area contributed by atoms with Crippen LogP contribution in [0, 0.1) is 6.92 Å². The summed E-state index contributed by atoms with van der Waals surface area (Å²) >= 11 is 0. The number of carbonyl (C=O) groups is 1. The van der Waals surface area contributed by atoms with E-state index in [4.69, 9.17) is 10.5 Å². The lowest BCUT2D eigenvalue weighted by atomic mass is 9.82. The van der Waals surface area contributed by atoms with E-state index in [0.717, 1.165) is 49.2 Å². The van der Waals surface area contributed by atoms with Gasteiger partial charge < -0.3 is 15.8 Å². The van der Waals surface area contributed by atoms with Gasteiger partial charge in [0.15, 0.2) is 0 Å². The molecule has 1 saturated heterocycles. The molecule has 138 valence electrons. The SMILES string of the molecule is Cc1cc(NC(=O)C2(N)CCCCC2)ccc1OCCN1CCCC1. The van der Waals surface area contributed by atoms with Gasteiger partial charge in [0, 0.05) is 12.2 Å². The Balaban J connectivity index is 1.53. The number of hydrogen-bond donors (Lipinski definition) is 2. The third-order valence-corrected chi connectivity index (χ3v) is 5.49. The molecule has 3 rings (SSSR count). The average molecular weight is 345 g/mol. The number of amides is 1. The van der Waals surface area contributed by atoms with Gasteiger partial charge in [-0.05, 0) is 69.5 Å². The van der Waals surface area contributed by atoms with E-state index in [2.05, 4.69) is 10.2 Å². The van der Waals surface area contributed by atoms with E-state index in [1.54, 1.807) is 0 Å². The second kappa shape index (κ2) is 8.19. The number of benzene rings is 1. The van der Waals surface area contributed by atoms with Gasteiger partial charge in [0.1, 0.15) is 12.4 Å². The number of rotatable bonds is 6. The Bertz CT molecular complexity index is 591. The Morgan fingerprint density at radius 2 is 1.92 bits per heavy atom. The highest BCUT2D eigenvalue weighted by Gasteiger charge is 2.35. The Morgan fingerprint density at radius 1 is 1.20 bits per heavy atom. The fourth-order valence-electron chi connectivity index (χ4n) is 3.85. The summed E-state index contributed by atoms with van der Waals surface area (Å²) in [5, 5.41) is 2.99. The number of hydrogen-bond acceptors (Lipinski definition) is 4. The van der Waals surface area contributed by atoms with Crippen LogP contribution in [-0.4, -0.2) is 42.6 Å². The molecule has 1 aromatic carbocycles. The summed E-state index contributed by atoms with van der Waals surface area (Å²) in [5.41, 5.74) is 7.42. The molecule has 2 aliphatic rings. The first-order chi connectivity index (χ1) is 12.1. The van der Waals surface area contributed by atoms with E-state index in [0.29, 0.717) is 6.61 Å². The van der Waals surface area contributed by atoms with Gasteiger partial charge in [-0.3, -0.25) is 9.69 Å². The van der Waals surface area contributed by atoms with Crippen molar-refractivity contribution in [3.05, 3.63) is 23.8 Å². The van der Waals surface area contributed by atoms with Crippen molar-refractivity contribution in [1.29, 1.82) is 0 Å². The summed E-state index contributed by atoms with van der Waals surface area (Å²) in [4.78, 5) is 15.0. The first kappa shape index (κ1) is 18.2.